The van der Waals surface area contributed by atoms with Crippen molar-refractivity contribution < 1.29 is 8.42 Å². The monoisotopic (exact) mass is 298 g/mol. The summed E-state index contributed by atoms with van der Waals surface area (Å²) in [5, 5.41) is 3.53. The first-order valence-electron chi connectivity index (χ1n) is 7.33. The Kier molecular flexibility index (Phi) is 3.83. The Hall–Kier alpha value is -0.920. The van der Waals surface area contributed by atoms with Gasteiger partial charge in [-0.25, -0.2) is 18.1 Å². The maximum atomic E-state index is 12.3. The van der Waals surface area contributed by atoms with E-state index in [1.165, 1.54) is 0 Å². The number of aromatic nitrogens is 2. The molecule has 6 nitrogen and oxygen atoms in total. The summed E-state index contributed by atoms with van der Waals surface area (Å²) >= 11 is 0. The second-order valence-corrected chi connectivity index (χ2v) is 7.51. The lowest BCUT2D eigenvalue weighted by Gasteiger charge is -2.31. The molecule has 2 N–H and O–H groups in total. The molecule has 1 saturated carbocycles. The largest absolute Gasteiger partial charge is 0.336 e. The number of fused-ring (bicyclic) bond motifs is 1. The van der Waals surface area contributed by atoms with Crippen LogP contribution in [0.25, 0.3) is 0 Å². The summed E-state index contributed by atoms with van der Waals surface area (Å²) in [4.78, 5) is 3.99. The summed E-state index contributed by atoms with van der Waals surface area (Å²) in [6.07, 6.45) is 6.12. The lowest BCUT2D eigenvalue weighted by Crippen LogP contribution is -2.40. The topological polar surface area (TPSA) is 76.0 Å². The Labute approximate surface area is 120 Å². The highest BCUT2D eigenvalue weighted by molar-refractivity contribution is 7.89. The van der Waals surface area contributed by atoms with Gasteiger partial charge in [0, 0.05) is 18.8 Å². The van der Waals surface area contributed by atoms with Gasteiger partial charge in [0.05, 0.1) is 6.33 Å². The Morgan fingerprint density at radius 3 is 2.95 bits per heavy atom. The quantitative estimate of drug-likeness (QED) is 0.852. The Bertz CT molecular complexity index is 569. The van der Waals surface area contributed by atoms with Gasteiger partial charge in [0.2, 0.25) is 0 Å². The van der Waals surface area contributed by atoms with Crippen molar-refractivity contribution in [3.8, 4) is 0 Å². The van der Waals surface area contributed by atoms with Crippen molar-refractivity contribution in [1.29, 1.82) is 0 Å². The van der Waals surface area contributed by atoms with E-state index in [0.717, 1.165) is 44.8 Å². The summed E-state index contributed by atoms with van der Waals surface area (Å²) in [6, 6.07) is 0.0490. The molecule has 3 rings (SSSR count). The minimum atomic E-state index is -3.48. The van der Waals surface area contributed by atoms with Gasteiger partial charge in [-0.2, -0.15) is 0 Å². The number of nitrogens with zero attached hydrogens (tertiary/aromatic N) is 2. The third-order valence-electron chi connectivity index (χ3n) is 4.52. The summed E-state index contributed by atoms with van der Waals surface area (Å²) in [6.45, 7) is 4.79. The molecule has 1 saturated heterocycles. The van der Waals surface area contributed by atoms with Gasteiger partial charge in [-0.05, 0) is 51.1 Å². The number of imidazole rings is 1. The lowest BCUT2D eigenvalue weighted by molar-refractivity contribution is 0.260. The smallest absolute Gasteiger partial charge is 0.259 e. The van der Waals surface area contributed by atoms with Gasteiger partial charge in [0.15, 0.2) is 5.03 Å². The van der Waals surface area contributed by atoms with Gasteiger partial charge in [-0.3, -0.25) is 0 Å². The molecular formula is C13H22N4O2S. The van der Waals surface area contributed by atoms with Gasteiger partial charge in [-0.15, -0.1) is 0 Å². The van der Waals surface area contributed by atoms with Crippen LogP contribution in [0.4, 0.5) is 0 Å². The molecule has 0 spiro atoms. The van der Waals surface area contributed by atoms with Gasteiger partial charge in [0.1, 0.15) is 0 Å². The van der Waals surface area contributed by atoms with Crippen molar-refractivity contribution in [2.75, 3.05) is 13.1 Å². The van der Waals surface area contributed by atoms with Crippen molar-refractivity contribution in [2.24, 2.45) is 11.8 Å². The molecule has 1 aliphatic heterocycles. The molecule has 0 amide bonds. The van der Waals surface area contributed by atoms with Crippen molar-refractivity contribution in [3.63, 3.8) is 0 Å². The van der Waals surface area contributed by atoms with E-state index in [4.69, 9.17) is 0 Å². The van der Waals surface area contributed by atoms with Crippen LogP contribution in [-0.4, -0.2) is 37.1 Å². The van der Waals surface area contributed by atoms with Crippen LogP contribution in [-0.2, 0) is 16.6 Å². The van der Waals surface area contributed by atoms with Gasteiger partial charge in [-0.1, -0.05) is 0 Å². The van der Waals surface area contributed by atoms with Crippen LogP contribution in [0.3, 0.4) is 0 Å². The third kappa shape index (κ3) is 2.75. The molecule has 0 radical (unpaired) electrons. The molecule has 2 fully saturated rings. The van der Waals surface area contributed by atoms with Crippen molar-refractivity contribution in [1.82, 2.24) is 19.6 Å². The number of sulfonamides is 1. The molecular weight excluding hydrogens is 276 g/mol. The van der Waals surface area contributed by atoms with E-state index >= 15 is 0 Å². The minimum Gasteiger partial charge on any atom is -0.336 e. The second kappa shape index (κ2) is 5.46. The first-order valence-corrected chi connectivity index (χ1v) is 8.81. The van der Waals surface area contributed by atoms with E-state index in [1.54, 1.807) is 17.1 Å². The average molecular weight is 298 g/mol. The number of aryl methyl sites for hydroxylation is 1. The second-order valence-electron chi connectivity index (χ2n) is 5.85. The molecule has 1 aromatic rings. The van der Waals surface area contributed by atoms with Crippen LogP contribution < -0.4 is 10.0 Å². The van der Waals surface area contributed by atoms with E-state index in [9.17, 15) is 8.42 Å². The molecule has 0 aromatic carbocycles. The fraction of sp³-hybridized carbons (Fsp3) is 0.769. The van der Waals surface area contributed by atoms with E-state index in [1.807, 2.05) is 6.92 Å². The Morgan fingerprint density at radius 1 is 1.40 bits per heavy atom. The number of hydrogen-bond donors (Lipinski definition) is 2. The highest BCUT2D eigenvalue weighted by atomic mass is 32.2. The molecule has 3 atom stereocenters. The molecule has 20 heavy (non-hydrogen) atoms. The van der Waals surface area contributed by atoms with Crippen molar-refractivity contribution >= 4 is 10.0 Å². The molecule has 0 bridgehead atoms. The lowest BCUT2D eigenvalue weighted by atomic mass is 9.79. The fourth-order valence-corrected chi connectivity index (χ4v) is 4.57. The predicted molar refractivity (Wildman–Crippen MR) is 75.7 cm³/mol. The molecule has 1 aliphatic carbocycles. The van der Waals surface area contributed by atoms with Crippen LogP contribution in [0, 0.1) is 11.8 Å². The third-order valence-corrected chi connectivity index (χ3v) is 5.93. The standard InChI is InChI=1S/C13H22N4O2S/c1-2-17-8-13(15-9-17)20(18,19)16-12-4-3-10-6-14-7-11(10)5-12/h8-12,14,16H,2-7H2,1H3/t10-,11+,12?/m0/s1. The van der Waals surface area contributed by atoms with Gasteiger partial charge in [0.25, 0.3) is 10.0 Å². The number of rotatable bonds is 4. The zero-order valence-electron chi connectivity index (χ0n) is 11.7. The molecule has 7 heteroatoms. The first kappa shape index (κ1) is 14.0. The fourth-order valence-electron chi connectivity index (χ4n) is 3.34. The summed E-state index contributed by atoms with van der Waals surface area (Å²) < 4.78 is 29.2. The molecule has 112 valence electrons. The number of nitrogens with one attached hydrogen (secondary N) is 2. The maximum Gasteiger partial charge on any atom is 0.259 e. The van der Waals surface area contributed by atoms with Crippen LogP contribution in [0.15, 0.2) is 17.6 Å². The zero-order valence-corrected chi connectivity index (χ0v) is 12.6. The van der Waals surface area contributed by atoms with Crippen LogP contribution >= 0.6 is 0 Å². The van der Waals surface area contributed by atoms with Gasteiger partial charge < -0.3 is 9.88 Å². The number of hydrogen-bond acceptors (Lipinski definition) is 4. The minimum absolute atomic E-state index is 0.0490. The van der Waals surface area contributed by atoms with E-state index in [2.05, 4.69) is 15.0 Å². The van der Waals surface area contributed by atoms with E-state index in [0.29, 0.717) is 5.92 Å². The Morgan fingerprint density at radius 2 is 2.20 bits per heavy atom. The van der Waals surface area contributed by atoms with E-state index in [-0.39, 0.29) is 11.1 Å². The molecule has 1 unspecified atom stereocenters. The highest BCUT2D eigenvalue weighted by Gasteiger charge is 2.35. The zero-order chi connectivity index (χ0) is 14.2. The van der Waals surface area contributed by atoms with E-state index < -0.39 is 10.0 Å². The molecule has 2 heterocycles. The van der Waals surface area contributed by atoms with Crippen LogP contribution in [0.1, 0.15) is 26.2 Å². The Balaban J connectivity index is 1.67. The SMILES string of the molecule is CCn1cnc(S(=O)(=O)NC2CC[C@H]3CNC[C@H]3C2)c1. The first-order chi connectivity index (χ1) is 9.58. The highest BCUT2D eigenvalue weighted by Crippen LogP contribution is 2.33. The summed E-state index contributed by atoms with van der Waals surface area (Å²) in [5.41, 5.74) is 0. The maximum absolute atomic E-state index is 12.3. The van der Waals surface area contributed by atoms with Crippen molar-refractivity contribution in [2.45, 2.75) is 43.8 Å². The van der Waals surface area contributed by atoms with Crippen molar-refractivity contribution in [3.05, 3.63) is 12.5 Å². The van der Waals surface area contributed by atoms with Crippen LogP contribution in [0.2, 0.25) is 0 Å². The summed E-state index contributed by atoms with van der Waals surface area (Å²) in [7, 11) is -3.48. The predicted octanol–water partition coefficient (Wildman–Crippen LogP) is 0.569. The van der Waals surface area contributed by atoms with Crippen LogP contribution in [0.5, 0.6) is 0 Å². The van der Waals surface area contributed by atoms with Gasteiger partial charge >= 0.3 is 0 Å². The molecule has 1 aromatic heterocycles. The normalized spacial score (nSPS) is 30.4. The average Bonchev–Trinajstić information content (AvgIpc) is 3.06. The summed E-state index contributed by atoms with van der Waals surface area (Å²) in [5.74, 6) is 1.35. The molecule has 2 aliphatic rings.